The molecular formula is C20H31NO4. The van der Waals surface area contributed by atoms with E-state index in [-0.39, 0.29) is 29.7 Å². The van der Waals surface area contributed by atoms with E-state index in [1.807, 2.05) is 7.05 Å². The van der Waals surface area contributed by atoms with Crippen molar-refractivity contribution in [2.24, 2.45) is 17.3 Å². The number of rotatable bonds is 4. The van der Waals surface area contributed by atoms with Gasteiger partial charge < -0.3 is 19.1 Å². The van der Waals surface area contributed by atoms with Crippen LogP contribution in [0.5, 0.6) is 0 Å². The van der Waals surface area contributed by atoms with Gasteiger partial charge in [-0.05, 0) is 51.5 Å². The third kappa shape index (κ3) is 3.26. The summed E-state index contributed by atoms with van der Waals surface area (Å²) in [5.74, 6) is 0.301. The van der Waals surface area contributed by atoms with Crippen molar-refractivity contribution in [3.05, 3.63) is 11.1 Å². The second kappa shape index (κ2) is 6.67. The van der Waals surface area contributed by atoms with Crippen LogP contribution in [0.2, 0.25) is 0 Å². The molecule has 25 heavy (non-hydrogen) atoms. The summed E-state index contributed by atoms with van der Waals surface area (Å²) in [6, 6.07) is 0. The molecule has 4 atom stereocenters. The fourth-order valence-corrected chi connectivity index (χ4v) is 5.50. The van der Waals surface area contributed by atoms with Crippen LogP contribution in [0.1, 0.15) is 46.0 Å². The summed E-state index contributed by atoms with van der Waals surface area (Å²) >= 11 is 0. The summed E-state index contributed by atoms with van der Waals surface area (Å²) in [4.78, 5) is 14.7. The lowest BCUT2D eigenvalue weighted by Crippen LogP contribution is -2.42. The van der Waals surface area contributed by atoms with E-state index in [0.29, 0.717) is 25.7 Å². The highest BCUT2D eigenvalue weighted by Gasteiger charge is 2.53. The van der Waals surface area contributed by atoms with E-state index in [9.17, 15) is 4.79 Å². The topological polar surface area (TPSA) is 48.0 Å². The van der Waals surface area contributed by atoms with Crippen LogP contribution < -0.4 is 0 Å². The monoisotopic (exact) mass is 349 g/mol. The molecule has 0 spiro atoms. The Hall–Kier alpha value is -0.910. The lowest BCUT2D eigenvalue weighted by molar-refractivity contribution is -0.145. The maximum atomic E-state index is 12.6. The lowest BCUT2D eigenvalue weighted by Gasteiger charge is -2.45. The van der Waals surface area contributed by atoms with E-state index >= 15 is 0 Å². The van der Waals surface area contributed by atoms with Gasteiger partial charge in [0, 0.05) is 19.0 Å². The van der Waals surface area contributed by atoms with Crippen molar-refractivity contribution in [2.45, 2.75) is 58.3 Å². The molecule has 2 heterocycles. The maximum absolute atomic E-state index is 12.6. The van der Waals surface area contributed by atoms with Gasteiger partial charge in [-0.1, -0.05) is 18.1 Å². The van der Waals surface area contributed by atoms with Crippen LogP contribution in [0.3, 0.4) is 0 Å². The first-order valence-electron chi connectivity index (χ1n) is 9.77. The largest absolute Gasteiger partial charge is 0.462 e. The predicted octanol–water partition coefficient (Wildman–Crippen LogP) is 2.75. The Bertz CT molecular complexity index is 568. The molecule has 4 aliphatic rings. The average molecular weight is 349 g/mol. The van der Waals surface area contributed by atoms with Gasteiger partial charge in [0.05, 0.1) is 19.1 Å². The van der Waals surface area contributed by atoms with Crippen LogP contribution in [-0.2, 0) is 19.0 Å². The number of ether oxygens (including phenoxy) is 3. The van der Waals surface area contributed by atoms with Gasteiger partial charge >= 0.3 is 5.97 Å². The zero-order valence-corrected chi connectivity index (χ0v) is 15.8. The van der Waals surface area contributed by atoms with E-state index in [2.05, 4.69) is 18.7 Å². The Morgan fingerprint density at radius 3 is 2.76 bits per heavy atom. The summed E-state index contributed by atoms with van der Waals surface area (Å²) in [5.41, 5.74) is 3.43. The number of hydrogen-bond donors (Lipinski definition) is 0. The molecule has 5 nitrogen and oxygen atoms in total. The van der Waals surface area contributed by atoms with Crippen LogP contribution in [0, 0.1) is 17.3 Å². The smallest absolute Gasteiger partial charge is 0.310 e. The number of fused-ring (bicyclic) bond motifs is 2. The van der Waals surface area contributed by atoms with Gasteiger partial charge in [-0.3, -0.25) is 4.79 Å². The van der Waals surface area contributed by atoms with E-state index in [1.165, 1.54) is 19.3 Å². The first kappa shape index (κ1) is 17.5. The second-order valence-corrected chi connectivity index (χ2v) is 8.72. The number of nitrogens with zero attached hydrogens (tertiary/aromatic N) is 1. The van der Waals surface area contributed by atoms with E-state index < -0.39 is 0 Å². The molecule has 0 radical (unpaired) electrons. The van der Waals surface area contributed by atoms with Crippen molar-refractivity contribution in [1.29, 1.82) is 0 Å². The Kier molecular flexibility index (Phi) is 4.67. The third-order valence-electron chi connectivity index (χ3n) is 6.84. The Labute approximate surface area is 150 Å². The fourth-order valence-electron chi connectivity index (χ4n) is 5.50. The first-order valence-corrected chi connectivity index (χ1v) is 9.77. The number of carbonyl (C=O) groups is 1. The summed E-state index contributed by atoms with van der Waals surface area (Å²) < 4.78 is 16.9. The van der Waals surface area contributed by atoms with E-state index in [0.717, 1.165) is 19.4 Å². The Balaban J connectivity index is 1.46. The summed E-state index contributed by atoms with van der Waals surface area (Å²) in [5, 5.41) is 0. The van der Waals surface area contributed by atoms with Crippen molar-refractivity contribution < 1.29 is 19.0 Å². The highest BCUT2D eigenvalue weighted by atomic mass is 16.7. The molecule has 5 heteroatoms. The average Bonchev–Trinajstić information content (AvgIpc) is 3.14. The number of likely N-dealkylation sites (N-methyl/N-ethyl adjacent to an activating group) is 1. The molecule has 140 valence electrons. The summed E-state index contributed by atoms with van der Waals surface area (Å²) in [6.45, 7) is 7.44. The molecule has 0 aromatic carbocycles. The van der Waals surface area contributed by atoms with Gasteiger partial charge in [-0.25, -0.2) is 0 Å². The second-order valence-electron chi connectivity index (χ2n) is 8.72. The van der Waals surface area contributed by atoms with E-state index in [1.54, 1.807) is 11.1 Å². The fraction of sp³-hybridized carbons (Fsp3) is 0.850. The van der Waals surface area contributed by atoms with Crippen molar-refractivity contribution in [1.82, 2.24) is 4.90 Å². The van der Waals surface area contributed by atoms with Gasteiger partial charge in [-0.2, -0.15) is 0 Å². The molecule has 0 unspecified atom stereocenters. The maximum Gasteiger partial charge on any atom is 0.310 e. The Morgan fingerprint density at radius 1 is 1.24 bits per heavy atom. The lowest BCUT2D eigenvalue weighted by atomic mass is 9.59. The molecular weight excluding hydrogens is 318 g/mol. The molecule has 0 bridgehead atoms. The molecule has 2 saturated heterocycles. The molecule has 0 N–H and O–H groups in total. The van der Waals surface area contributed by atoms with Crippen LogP contribution in [-0.4, -0.2) is 56.6 Å². The molecule has 2 aliphatic heterocycles. The van der Waals surface area contributed by atoms with Gasteiger partial charge in [-0.15, -0.1) is 0 Å². The minimum absolute atomic E-state index is 0.00407. The standard InChI is InChI=1S/C20H31NO4/c1-13-5-4-6-20(2)10-17-14(9-16(13)20)15(19(22)25-17)11-21(3)12-18-23-7-8-24-18/h14-15,17-18H,4-12H2,1-3H3/t14-,15+,17-,20-/m1/s1. The molecule has 1 saturated carbocycles. The van der Waals surface area contributed by atoms with Gasteiger partial charge in [0.15, 0.2) is 6.29 Å². The van der Waals surface area contributed by atoms with Crippen LogP contribution >= 0.6 is 0 Å². The SMILES string of the molecule is CC1=C2C[C@@H]3[C@H](CN(C)CC4OCCO4)C(=O)O[C@@H]3C[C@@]2(C)CCC1. The minimum atomic E-state index is -0.156. The zero-order valence-electron chi connectivity index (χ0n) is 15.8. The summed E-state index contributed by atoms with van der Waals surface area (Å²) in [6.07, 6.45) is 5.71. The molecule has 2 aliphatic carbocycles. The third-order valence-corrected chi connectivity index (χ3v) is 6.84. The minimum Gasteiger partial charge on any atom is -0.462 e. The molecule has 0 aromatic heterocycles. The zero-order chi connectivity index (χ0) is 17.6. The molecule has 3 fully saturated rings. The van der Waals surface area contributed by atoms with Gasteiger partial charge in [0.1, 0.15) is 6.10 Å². The molecule has 0 amide bonds. The summed E-state index contributed by atoms with van der Waals surface area (Å²) in [7, 11) is 2.05. The normalized spacial score (nSPS) is 38.9. The van der Waals surface area contributed by atoms with Crippen molar-refractivity contribution in [3.63, 3.8) is 0 Å². The van der Waals surface area contributed by atoms with E-state index in [4.69, 9.17) is 14.2 Å². The predicted molar refractivity (Wildman–Crippen MR) is 93.9 cm³/mol. The van der Waals surface area contributed by atoms with Crippen molar-refractivity contribution in [2.75, 3.05) is 33.4 Å². The van der Waals surface area contributed by atoms with Gasteiger partial charge in [0.2, 0.25) is 0 Å². The number of esters is 1. The van der Waals surface area contributed by atoms with Crippen LogP contribution in [0.4, 0.5) is 0 Å². The highest BCUT2D eigenvalue weighted by molar-refractivity contribution is 5.76. The first-order chi connectivity index (χ1) is 12.0. The van der Waals surface area contributed by atoms with Crippen molar-refractivity contribution in [3.8, 4) is 0 Å². The van der Waals surface area contributed by atoms with Crippen molar-refractivity contribution >= 4 is 5.97 Å². The highest BCUT2D eigenvalue weighted by Crippen LogP contribution is 2.55. The van der Waals surface area contributed by atoms with Crippen LogP contribution in [0.15, 0.2) is 11.1 Å². The number of hydrogen-bond acceptors (Lipinski definition) is 5. The number of allylic oxidation sites excluding steroid dienone is 2. The van der Waals surface area contributed by atoms with Crippen LogP contribution in [0.25, 0.3) is 0 Å². The Morgan fingerprint density at radius 2 is 2.00 bits per heavy atom. The molecule has 0 aromatic rings. The van der Waals surface area contributed by atoms with Gasteiger partial charge in [0.25, 0.3) is 0 Å². The molecule has 4 rings (SSSR count). The number of carbonyl (C=O) groups excluding carboxylic acids is 1. The quantitative estimate of drug-likeness (QED) is 0.577.